The molecule has 2 rings (SSSR count). The monoisotopic (exact) mass is 273 g/mol. The number of hydrogen-bond acceptors (Lipinski definition) is 1. The van der Waals surface area contributed by atoms with Crippen LogP contribution in [0.4, 0.5) is 0 Å². The maximum absolute atomic E-state index is 3.46. The van der Waals surface area contributed by atoms with Gasteiger partial charge >= 0.3 is 0 Å². The molecule has 0 aromatic heterocycles. The molecular formula is C10H12IN. The van der Waals surface area contributed by atoms with Crippen LogP contribution in [0.15, 0.2) is 18.2 Å². The van der Waals surface area contributed by atoms with Gasteiger partial charge in [0.2, 0.25) is 0 Å². The summed E-state index contributed by atoms with van der Waals surface area (Å²) in [7, 11) is 0. The first kappa shape index (κ1) is 8.51. The van der Waals surface area contributed by atoms with Crippen LogP contribution in [0.2, 0.25) is 0 Å². The lowest BCUT2D eigenvalue weighted by atomic mass is 9.97. The molecule has 1 atom stereocenters. The number of rotatable bonds is 0. The molecule has 0 fully saturated rings. The molecule has 2 heteroatoms. The average Bonchev–Trinajstić information content (AvgIpc) is 2.05. The second-order valence-electron chi connectivity index (χ2n) is 3.40. The van der Waals surface area contributed by atoms with Crippen molar-refractivity contribution in [1.82, 2.24) is 5.32 Å². The Morgan fingerprint density at radius 1 is 1.42 bits per heavy atom. The normalized spacial score (nSPS) is 22.0. The Kier molecular flexibility index (Phi) is 2.37. The van der Waals surface area contributed by atoms with Crippen molar-refractivity contribution < 1.29 is 0 Å². The first-order chi connectivity index (χ1) is 5.75. The predicted molar refractivity (Wildman–Crippen MR) is 59.2 cm³/mol. The Morgan fingerprint density at radius 2 is 2.25 bits per heavy atom. The van der Waals surface area contributed by atoms with Crippen LogP contribution in [-0.4, -0.2) is 6.04 Å². The maximum Gasteiger partial charge on any atom is 0.0211 e. The summed E-state index contributed by atoms with van der Waals surface area (Å²) in [5.41, 5.74) is 2.99. The largest absolute Gasteiger partial charge is 0.310 e. The van der Waals surface area contributed by atoms with Crippen molar-refractivity contribution in [2.75, 3.05) is 0 Å². The zero-order chi connectivity index (χ0) is 8.55. The van der Waals surface area contributed by atoms with E-state index in [-0.39, 0.29) is 0 Å². The molecule has 0 radical (unpaired) electrons. The molecule has 1 nitrogen and oxygen atoms in total. The van der Waals surface area contributed by atoms with E-state index in [9.17, 15) is 0 Å². The number of nitrogens with one attached hydrogen (secondary N) is 1. The third-order valence-electron chi connectivity index (χ3n) is 2.34. The van der Waals surface area contributed by atoms with E-state index in [1.54, 1.807) is 0 Å². The minimum atomic E-state index is 0.637. The molecule has 1 N–H and O–H groups in total. The summed E-state index contributed by atoms with van der Waals surface area (Å²) in [5.74, 6) is 0. The second-order valence-corrected chi connectivity index (χ2v) is 4.64. The number of hydrogen-bond donors (Lipinski definition) is 1. The lowest BCUT2D eigenvalue weighted by molar-refractivity contribution is 0.513. The van der Waals surface area contributed by atoms with Crippen LogP contribution < -0.4 is 5.32 Å². The zero-order valence-electron chi connectivity index (χ0n) is 7.10. The summed E-state index contributed by atoms with van der Waals surface area (Å²) < 4.78 is 1.34. The van der Waals surface area contributed by atoms with Crippen molar-refractivity contribution in [3.05, 3.63) is 32.9 Å². The zero-order valence-corrected chi connectivity index (χ0v) is 9.26. The third kappa shape index (κ3) is 1.64. The Labute approximate surface area is 86.7 Å². The highest BCUT2D eigenvalue weighted by Crippen LogP contribution is 2.18. The quantitative estimate of drug-likeness (QED) is 0.715. The molecule has 1 aromatic carbocycles. The predicted octanol–water partition coefficient (Wildman–Crippen LogP) is 2.33. The van der Waals surface area contributed by atoms with Crippen molar-refractivity contribution >= 4 is 22.6 Å². The summed E-state index contributed by atoms with van der Waals surface area (Å²) in [6.45, 7) is 3.27. The van der Waals surface area contributed by atoms with Crippen LogP contribution in [0.5, 0.6) is 0 Å². The summed E-state index contributed by atoms with van der Waals surface area (Å²) in [5, 5.41) is 3.46. The fourth-order valence-corrected chi connectivity index (χ4v) is 2.20. The van der Waals surface area contributed by atoms with Gasteiger partial charge in [0.15, 0.2) is 0 Å². The van der Waals surface area contributed by atoms with Gasteiger partial charge in [0.25, 0.3) is 0 Å². The summed E-state index contributed by atoms with van der Waals surface area (Å²) in [6, 6.07) is 7.36. The molecule has 1 aliphatic heterocycles. The standard InChI is InChI=1S/C10H12IN/c1-7-4-8-2-3-10(11)5-9(8)6-12-7/h2-3,5,7,12H,4,6H2,1H3/t7-/m1/s1. The minimum absolute atomic E-state index is 0.637. The van der Waals surface area contributed by atoms with Gasteiger partial charge in [0.1, 0.15) is 0 Å². The van der Waals surface area contributed by atoms with Crippen molar-refractivity contribution in [2.45, 2.75) is 25.9 Å². The van der Waals surface area contributed by atoms with Gasteiger partial charge in [0.05, 0.1) is 0 Å². The second kappa shape index (κ2) is 3.34. The first-order valence-electron chi connectivity index (χ1n) is 4.26. The summed E-state index contributed by atoms with van der Waals surface area (Å²) >= 11 is 2.36. The maximum atomic E-state index is 3.46. The fourth-order valence-electron chi connectivity index (χ4n) is 1.64. The average molecular weight is 273 g/mol. The molecule has 0 spiro atoms. The van der Waals surface area contributed by atoms with Crippen LogP contribution in [0.1, 0.15) is 18.1 Å². The van der Waals surface area contributed by atoms with Gasteiger partial charge in [-0.2, -0.15) is 0 Å². The Balaban J connectivity index is 2.37. The van der Waals surface area contributed by atoms with Gasteiger partial charge in [0, 0.05) is 16.2 Å². The third-order valence-corrected chi connectivity index (χ3v) is 3.01. The number of benzene rings is 1. The van der Waals surface area contributed by atoms with E-state index in [1.807, 2.05) is 0 Å². The van der Waals surface area contributed by atoms with E-state index in [4.69, 9.17) is 0 Å². The van der Waals surface area contributed by atoms with E-state index >= 15 is 0 Å². The molecule has 0 unspecified atom stereocenters. The van der Waals surface area contributed by atoms with E-state index in [0.717, 1.165) is 6.54 Å². The highest BCUT2D eigenvalue weighted by atomic mass is 127. The molecule has 0 bridgehead atoms. The fraction of sp³-hybridized carbons (Fsp3) is 0.400. The lowest BCUT2D eigenvalue weighted by Gasteiger charge is -2.23. The minimum Gasteiger partial charge on any atom is -0.310 e. The molecule has 0 saturated carbocycles. The lowest BCUT2D eigenvalue weighted by Crippen LogP contribution is -2.32. The van der Waals surface area contributed by atoms with Gasteiger partial charge in [-0.25, -0.2) is 0 Å². The first-order valence-corrected chi connectivity index (χ1v) is 5.34. The smallest absolute Gasteiger partial charge is 0.0211 e. The SMILES string of the molecule is C[C@@H]1Cc2ccc(I)cc2CN1. The van der Waals surface area contributed by atoms with E-state index in [0.29, 0.717) is 6.04 Å². The van der Waals surface area contributed by atoms with Gasteiger partial charge in [-0.3, -0.25) is 0 Å². The number of halogens is 1. The Bertz CT molecular complexity index is 296. The Hall–Kier alpha value is -0.0900. The van der Waals surface area contributed by atoms with Crippen molar-refractivity contribution in [1.29, 1.82) is 0 Å². The van der Waals surface area contributed by atoms with Gasteiger partial charge in [-0.05, 0) is 59.2 Å². The van der Waals surface area contributed by atoms with Crippen LogP contribution in [0.3, 0.4) is 0 Å². The molecular weight excluding hydrogens is 261 g/mol. The molecule has 0 aliphatic carbocycles. The van der Waals surface area contributed by atoms with Gasteiger partial charge < -0.3 is 5.32 Å². The van der Waals surface area contributed by atoms with Crippen molar-refractivity contribution in [3.63, 3.8) is 0 Å². The van der Waals surface area contributed by atoms with Gasteiger partial charge in [-0.15, -0.1) is 0 Å². The molecule has 12 heavy (non-hydrogen) atoms. The van der Waals surface area contributed by atoms with Crippen LogP contribution in [0, 0.1) is 3.57 Å². The molecule has 0 amide bonds. The molecule has 0 saturated heterocycles. The highest BCUT2D eigenvalue weighted by Gasteiger charge is 2.13. The summed E-state index contributed by atoms with van der Waals surface area (Å²) in [6.07, 6.45) is 1.17. The number of fused-ring (bicyclic) bond motifs is 1. The van der Waals surface area contributed by atoms with E-state index < -0.39 is 0 Å². The molecule has 1 aliphatic rings. The highest BCUT2D eigenvalue weighted by molar-refractivity contribution is 14.1. The molecule has 64 valence electrons. The Morgan fingerprint density at radius 3 is 3.08 bits per heavy atom. The van der Waals surface area contributed by atoms with Crippen molar-refractivity contribution in [3.8, 4) is 0 Å². The van der Waals surface area contributed by atoms with E-state index in [1.165, 1.54) is 21.1 Å². The van der Waals surface area contributed by atoms with E-state index in [2.05, 4.69) is 53.0 Å². The summed E-state index contributed by atoms with van der Waals surface area (Å²) in [4.78, 5) is 0. The van der Waals surface area contributed by atoms with Crippen LogP contribution in [0.25, 0.3) is 0 Å². The van der Waals surface area contributed by atoms with Crippen LogP contribution in [-0.2, 0) is 13.0 Å². The van der Waals surface area contributed by atoms with Crippen LogP contribution >= 0.6 is 22.6 Å². The molecule has 1 heterocycles. The molecule has 1 aromatic rings. The van der Waals surface area contributed by atoms with Crippen molar-refractivity contribution in [2.24, 2.45) is 0 Å². The van der Waals surface area contributed by atoms with Gasteiger partial charge in [-0.1, -0.05) is 6.07 Å². The topological polar surface area (TPSA) is 12.0 Å².